The van der Waals surface area contributed by atoms with Crippen molar-refractivity contribution >= 4 is 40.6 Å². The lowest BCUT2D eigenvalue weighted by atomic mass is 9.86. The molecule has 34 heavy (non-hydrogen) atoms. The molecule has 0 aliphatic carbocycles. The summed E-state index contributed by atoms with van der Waals surface area (Å²) in [6.07, 6.45) is 1.03. The van der Waals surface area contributed by atoms with E-state index in [0.717, 1.165) is 30.2 Å². The second-order valence-corrected chi connectivity index (χ2v) is 11.0. The van der Waals surface area contributed by atoms with E-state index in [2.05, 4.69) is 62.6 Å². The molecule has 0 unspecified atom stereocenters. The second kappa shape index (κ2) is 12.2. The van der Waals surface area contributed by atoms with E-state index in [1.807, 2.05) is 60.3 Å². The van der Waals surface area contributed by atoms with E-state index in [0.29, 0.717) is 16.2 Å². The molecule has 0 amide bonds. The maximum atomic E-state index is 13.0. The molecule has 5 heteroatoms. The van der Waals surface area contributed by atoms with Crippen LogP contribution in [0.5, 0.6) is 0 Å². The number of benzene rings is 3. The van der Waals surface area contributed by atoms with Crippen LogP contribution in [0.2, 0.25) is 0 Å². The fraction of sp³-hybridized carbons (Fsp3) is 0.310. The zero-order valence-corrected chi connectivity index (χ0v) is 22.1. The molecule has 0 aliphatic rings. The molecule has 0 atom stereocenters. The van der Waals surface area contributed by atoms with E-state index in [-0.39, 0.29) is 11.2 Å². The summed E-state index contributed by atoms with van der Waals surface area (Å²) in [7, 11) is 0. The van der Waals surface area contributed by atoms with Gasteiger partial charge < -0.3 is 10.6 Å². The van der Waals surface area contributed by atoms with Crippen LogP contribution in [0.3, 0.4) is 0 Å². The van der Waals surface area contributed by atoms with Crippen LogP contribution < -0.4 is 10.6 Å². The average Bonchev–Trinajstić information content (AvgIpc) is 2.81. The number of hydrogen-bond donors (Lipinski definition) is 2. The largest absolute Gasteiger partial charge is 0.362 e. The molecule has 3 rings (SSSR count). The van der Waals surface area contributed by atoms with Crippen LogP contribution >= 0.6 is 24.0 Å². The van der Waals surface area contributed by atoms with Gasteiger partial charge in [0, 0.05) is 29.1 Å². The van der Waals surface area contributed by atoms with Crippen LogP contribution in [0, 0.1) is 6.92 Å². The molecule has 3 aromatic rings. The number of ketones is 1. The number of hydrogen-bond acceptors (Lipinski definition) is 3. The van der Waals surface area contributed by atoms with E-state index < -0.39 is 0 Å². The molecule has 178 valence electrons. The van der Waals surface area contributed by atoms with E-state index >= 15 is 0 Å². The first-order chi connectivity index (χ1) is 16.2. The summed E-state index contributed by atoms with van der Waals surface area (Å²) < 4.78 is 0. The van der Waals surface area contributed by atoms with E-state index in [1.165, 1.54) is 16.7 Å². The highest BCUT2D eigenvalue weighted by Gasteiger charge is 2.15. The van der Waals surface area contributed by atoms with Gasteiger partial charge in [0.15, 0.2) is 10.9 Å². The van der Waals surface area contributed by atoms with Crippen LogP contribution in [-0.2, 0) is 11.2 Å². The maximum absolute atomic E-state index is 13.0. The van der Waals surface area contributed by atoms with E-state index in [1.54, 1.807) is 0 Å². The van der Waals surface area contributed by atoms with Gasteiger partial charge in [0.25, 0.3) is 0 Å². The summed E-state index contributed by atoms with van der Waals surface area (Å²) in [5.41, 5.74) is 6.16. The molecule has 3 aromatic carbocycles. The van der Waals surface area contributed by atoms with Crippen molar-refractivity contribution in [3.63, 3.8) is 0 Å². The zero-order valence-electron chi connectivity index (χ0n) is 20.5. The minimum Gasteiger partial charge on any atom is -0.362 e. The molecular weight excluding hydrogens is 456 g/mol. The average molecular weight is 491 g/mol. The fourth-order valence-corrected chi connectivity index (χ4v) is 4.79. The van der Waals surface area contributed by atoms with Gasteiger partial charge in [0.2, 0.25) is 0 Å². The number of anilines is 1. The summed E-state index contributed by atoms with van der Waals surface area (Å²) >= 11 is 7.39. The minimum atomic E-state index is 0.00802. The third-order valence-corrected chi connectivity index (χ3v) is 7.00. The smallest absolute Gasteiger partial charge is 0.193 e. The van der Waals surface area contributed by atoms with Crippen molar-refractivity contribution in [2.24, 2.45) is 0 Å². The first-order valence-electron chi connectivity index (χ1n) is 11.7. The molecule has 3 nitrogen and oxygen atoms in total. The fourth-order valence-electron chi connectivity index (χ4n) is 3.53. The van der Waals surface area contributed by atoms with Crippen LogP contribution in [0.1, 0.15) is 59.8 Å². The Kier molecular flexibility index (Phi) is 9.31. The molecule has 0 aromatic heterocycles. The summed E-state index contributed by atoms with van der Waals surface area (Å²) in [5.74, 6) is 2.12. The first-order valence-corrected chi connectivity index (χ1v) is 13.2. The molecule has 0 bridgehead atoms. The predicted molar refractivity (Wildman–Crippen MR) is 151 cm³/mol. The maximum Gasteiger partial charge on any atom is 0.193 e. The third kappa shape index (κ3) is 7.71. The number of thioether (sulfide) groups is 1. The Labute approximate surface area is 213 Å². The van der Waals surface area contributed by atoms with Gasteiger partial charge >= 0.3 is 0 Å². The summed E-state index contributed by atoms with van der Waals surface area (Å²) in [6, 6.07) is 23.9. The quantitative estimate of drug-likeness (QED) is 0.190. The normalized spacial score (nSPS) is 11.2. The Balaban J connectivity index is 1.45. The molecule has 0 heterocycles. The monoisotopic (exact) mass is 490 g/mol. The van der Waals surface area contributed by atoms with Crippen molar-refractivity contribution in [2.45, 2.75) is 45.3 Å². The Hall–Kier alpha value is -2.63. The summed E-state index contributed by atoms with van der Waals surface area (Å²) in [5, 5.41) is 7.04. The molecule has 0 saturated heterocycles. The lowest BCUT2D eigenvalue weighted by Crippen LogP contribution is -2.29. The van der Waals surface area contributed by atoms with Crippen molar-refractivity contribution in [2.75, 3.05) is 17.6 Å². The molecule has 0 aliphatic heterocycles. The highest BCUT2D eigenvalue weighted by atomic mass is 32.2. The topological polar surface area (TPSA) is 41.1 Å². The van der Waals surface area contributed by atoms with Crippen molar-refractivity contribution in [1.82, 2.24) is 5.32 Å². The minimum absolute atomic E-state index is 0.00802. The van der Waals surface area contributed by atoms with Gasteiger partial charge in [-0.2, -0.15) is 11.8 Å². The van der Waals surface area contributed by atoms with Gasteiger partial charge in [-0.15, -0.1) is 0 Å². The SMILES string of the molecule is Cc1ccccc1CSCCCNC(=S)Nc1cccc(C(=O)c2ccc(C(C)(C)C)cc2)c1. The van der Waals surface area contributed by atoms with Crippen molar-refractivity contribution in [1.29, 1.82) is 0 Å². The standard InChI is InChI=1S/C29H34N2OS2/c1-21-9-5-6-10-24(21)20-34-18-8-17-30-28(33)31-26-12-7-11-23(19-26)27(32)22-13-15-25(16-14-22)29(2,3)4/h5-7,9-16,19H,8,17-18,20H2,1-4H3,(H2,30,31,33). The van der Waals surface area contributed by atoms with Gasteiger partial charge in [0.05, 0.1) is 0 Å². The van der Waals surface area contributed by atoms with Crippen molar-refractivity contribution in [3.05, 3.63) is 101 Å². The number of rotatable bonds is 9. The Morgan fingerprint density at radius 1 is 0.941 bits per heavy atom. The number of aryl methyl sites for hydroxylation is 1. The number of carbonyl (C=O) groups is 1. The van der Waals surface area contributed by atoms with E-state index in [4.69, 9.17) is 12.2 Å². The first kappa shape index (κ1) is 26.0. The number of thiocarbonyl (C=S) groups is 1. The van der Waals surface area contributed by atoms with Gasteiger partial charge in [-0.05, 0) is 65.6 Å². The molecule has 0 saturated carbocycles. The van der Waals surface area contributed by atoms with Crippen molar-refractivity contribution in [3.8, 4) is 0 Å². The van der Waals surface area contributed by atoms with Crippen molar-refractivity contribution < 1.29 is 4.79 Å². The Morgan fingerprint density at radius 2 is 1.68 bits per heavy atom. The summed E-state index contributed by atoms with van der Waals surface area (Å²) in [4.78, 5) is 13.0. The second-order valence-electron chi connectivity index (χ2n) is 9.45. The van der Waals surface area contributed by atoms with Gasteiger partial charge in [0.1, 0.15) is 0 Å². The Morgan fingerprint density at radius 3 is 2.38 bits per heavy atom. The van der Waals surface area contributed by atoms with Gasteiger partial charge in [-0.1, -0.05) is 81.4 Å². The molecule has 0 radical (unpaired) electrons. The third-order valence-electron chi connectivity index (χ3n) is 5.67. The zero-order chi connectivity index (χ0) is 24.6. The lowest BCUT2D eigenvalue weighted by Gasteiger charge is -2.19. The predicted octanol–water partition coefficient (Wildman–Crippen LogP) is 7.13. The summed E-state index contributed by atoms with van der Waals surface area (Å²) in [6.45, 7) is 9.47. The van der Waals surface area contributed by atoms with Gasteiger partial charge in [-0.3, -0.25) is 4.79 Å². The van der Waals surface area contributed by atoms with Crippen LogP contribution in [0.25, 0.3) is 0 Å². The number of carbonyl (C=O) groups excluding carboxylic acids is 1. The van der Waals surface area contributed by atoms with Crippen LogP contribution in [-0.4, -0.2) is 23.2 Å². The lowest BCUT2D eigenvalue weighted by molar-refractivity contribution is 0.103. The van der Waals surface area contributed by atoms with Gasteiger partial charge in [-0.25, -0.2) is 0 Å². The molecule has 0 fully saturated rings. The van der Waals surface area contributed by atoms with E-state index in [9.17, 15) is 4.79 Å². The molecule has 0 spiro atoms. The Bertz CT molecular complexity index is 1120. The molecule has 2 N–H and O–H groups in total. The highest BCUT2D eigenvalue weighted by Crippen LogP contribution is 2.23. The highest BCUT2D eigenvalue weighted by molar-refractivity contribution is 7.98. The van der Waals surface area contributed by atoms with Crippen LogP contribution in [0.15, 0.2) is 72.8 Å². The molecular formula is C29H34N2OS2. The van der Waals surface area contributed by atoms with Crippen LogP contribution in [0.4, 0.5) is 5.69 Å². The number of nitrogens with one attached hydrogen (secondary N) is 2.